The highest BCUT2D eigenvalue weighted by Crippen LogP contribution is 2.12. The second kappa shape index (κ2) is 7.08. The van der Waals surface area contributed by atoms with E-state index in [-0.39, 0.29) is 5.92 Å². The lowest BCUT2D eigenvalue weighted by atomic mass is 10.0. The van der Waals surface area contributed by atoms with Crippen molar-refractivity contribution >= 4 is 0 Å². The van der Waals surface area contributed by atoms with Crippen molar-refractivity contribution in [2.24, 2.45) is 5.92 Å². The van der Waals surface area contributed by atoms with Gasteiger partial charge in [0.2, 0.25) is 0 Å². The maximum atomic E-state index is 9.88. The van der Waals surface area contributed by atoms with Gasteiger partial charge in [0.1, 0.15) is 6.10 Å². The van der Waals surface area contributed by atoms with Gasteiger partial charge in [0, 0.05) is 25.7 Å². The standard InChI is InChI=1S/C14H18O3/c1-11(14(16-2)17-3)13(15)10-9-12-7-5-4-6-8-12/h4-8,11,13-15H,1-3H3/t11-,13+/m0/s1. The van der Waals surface area contributed by atoms with E-state index in [1.165, 1.54) is 0 Å². The van der Waals surface area contributed by atoms with Crippen LogP contribution in [0.15, 0.2) is 30.3 Å². The van der Waals surface area contributed by atoms with Crippen molar-refractivity contribution in [3.63, 3.8) is 0 Å². The molecular weight excluding hydrogens is 216 g/mol. The molecule has 1 rings (SSSR count). The smallest absolute Gasteiger partial charge is 0.162 e. The van der Waals surface area contributed by atoms with Crippen molar-refractivity contribution in [2.45, 2.75) is 19.3 Å². The SMILES string of the molecule is COC(OC)[C@@H](C)[C@H](O)C#Cc1ccccc1. The van der Waals surface area contributed by atoms with Crippen molar-refractivity contribution in [1.82, 2.24) is 0 Å². The maximum absolute atomic E-state index is 9.88. The molecule has 3 heteroatoms. The van der Waals surface area contributed by atoms with Crippen LogP contribution in [0.5, 0.6) is 0 Å². The number of hydrogen-bond acceptors (Lipinski definition) is 3. The predicted molar refractivity (Wildman–Crippen MR) is 66.3 cm³/mol. The van der Waals surface area contributed by atoms with Crippen LogP contribution in [0.25, 0.3) is 0 Å². The van der Waals surface area contributed by atoms with E-state index in [4.69, 9.17) is 9.47 Å². The normalized spacial score (nSPS) is 13.9. The minimum absolute atomic E-state index is 0.207. The highest BCUT2D eigenvalue weighted by molar-refractivity contribution is 5.34. The summed E-state index contributed by atoms with van der Waals surface area (Å²) in [6, 6.07) is 9.54. The Bertz CT molecular complexity index is 373. The highest BCUT2D eigenvalue weighted by Gasteiger charge is 2.22. The lowest BCUT2D eigenvalue weighted by molar-refractivity contribution is -0.148. The largest absolute Gasteiger partial charge is 0.380 e. The van der Waals surface area contributed by atoms with Gasteiger partial charge >= 0.3 is 0 Å². The zero-order valence-corrected chi connectivity index (χ0v) is 10.4. The first-order valence-electron chi connectivity index (χ1n) is 5.49. The quantitative estimate of drug-likeness (QED) is 0.636. The van der Waals surface area contributed by atoms with E-state index in [9.17, 15) is 5.11 Å². The second-order valence-corrected chi connectivity index (χ2v) is 3.78. The topological polar surface area (TPSA) is 38.7 Å². The summed E-state index contributed by atoms with van der Waals surface area (Å²) in [5.41, 5.74) is 0.880. The summed E-state index contributed by atoms with van der Waals surface area (Å²) >= 11 is 0. The third kappa shape index (κ3) is 4.20. The van der Waals surface area contributed by atoms with Gasteiger partial charge in [-0.05, 0) is 12.1 Å². The maximum Gasteiger partial charge on any atom is 0.162 e. The van der Waals surface area contributed by atoms with E-state index >= 15 is 0 Å². The summed E-state index contributed by atoms with van der Waals surface area (Å²) in [5.74, 6) is 5.50. The second-order valence-electron chi connectivity index (χ2n) is 3.78. The molecule has 2 atom stereocenters. The summed E-state index contributed by atoms with van der Waals surface area (Å²) in [5, 5.41) is 9.88. The summed E-state index contributed by atoms with van der Waals surface area (Å²) < 4.78 is 10.2. The zero-order chi connectivity index (χ0) is 12.7. The van der Waals surface area contributed by atoms with Crippen LogP contribution in [0, 0.1) is 17.8 Å². The average Bonchev–Trinajstić information content (AvgIpc) is 2.38. The molecule has 0 fully saturated rings. The van der Waals surface area contributed by atoms with Gasteiger partial charge in [-0.25, -0.2) is 0 Å². The first kappa shape index (κ1) is 13.7. The van der Waals surface area contributed by atoms with Gasteiger partial charge in [0.05, 0.1) is 0 Å². The predicted octanol–water partition coefficient (Wildman–Crippen LogP) is 1.65. The van der Waals surface area contributed by atoms with Crippen molar-refractivity contribution in [2.75, 3.05) is 14.2 Å². The summed E-state index contributed by atoms with van der Waals surface area (Å²) in [6.45, 7) is 1.84. The summed E-state index contributed by atoms with van der Waals surface area (Å²) in [4.78, 5) is 0. The Labute approximate surface area is 102 Å². The van der Waals surface area contributed by atoms with Crippen LogP contribution < -0.4 is 0 Å². The molecule has 1 aromatic rings. The third-order valence-electron chi connectivity index (χ3n) is 2.53. The molecule has 0 amide bonds. The number of aliphatic hydroxyl groups is 1. The van der Waals surface area contributed by atoms with Gasteiger partial charge < -0.3 is 14.6 Å². The lowest BCUT2D eigenvalue weighted by Crippen LogP contribution is -2.31. The first-order chi connectivity index (χ1) is 8.19. The molecule has 0 aliphatic carbocycles. The zero-order valence-electron chi connectivity index (χ0n) is 10.4. The molecule has 1 aromatic carbocycles. The number of rotatable bonds is 4. The molecule has 1 N–H and O–H groups in total. The van der Waals surface area contributed by atoms with E-state index in [0.717, 1.165) is 5.56 Å². The molecular formula is C14H18O3. The molecule has 3 nitrogen and oxygen atoms in total. The molecule has 0 aromatic heterocycles. The fraction of sp³-hybridized carbons (Fsp3) is 0.429. The minimum atomic E-state index is -0.778. The van der Waals surface area contributed by atoms with E-state index in [0.29, 0.717) is 0 Å². The Hall–Kier alpha value is -1.34. The fourth-order valence-electron chi connectivity index (χ4n) is 1.48. The minimum Gasteiger partial charge on any atom is -0.380 e. The number of hydrogen-bond donors (Lipinski definition) is 1. The van der Waals surface area contributed by atoms with Gasteiger partial charge in [0.15, 0.2) is 6.29 Å². The molecule has 0 radical (unpaired) electrons. The summed E-state index contributed by atoms with van der Waals surface area (Å²) in [6.07, 6.45) is -1.23. The van der Waals surface area contributed by atoms with Crippen LogP contribution in [0.3, 0.4) is 0 Å². The van der Waals surface area contributed by atoms with E-state index in [1.54, 1.807) is 14.2 Å². The van der Waals surface area contributed by atoms with Gasteiger partial charge in [-0.1, -0.05) is 37.0 Å². The van der Waals surface area contributed by atoms with Crippen molar-refractivity contribution in [3.8, 4) is 11.8 Å². The number of aliphatic hydroxyl groups excluding tert-OH is 1. The highest BCUT2D eigenvalue weighted by atomic mass is 16.7. The molecule has 0 spiro atoms. The number of benzene rings is 1. The molecule has 0 saturated heterocycles. The Balaban J connectivity index is 2.66. The molecule has 0 aliphatic rings. The Morgan fingerprint density at radius 2 is 1.71 bits per heavy atom. The molecule has 0 aliphatic heterocycles. The van der Waals surface area contributed by atoms with Crippen LogP contribution in [-0.2, 0) is 9.47 Å². The van der Waals surface area contributed by atoms with Crippen LogP contribution in [0.1, 0.15) is 12.5 Å². The van der Waals surface area contributed by atoms with Crippen molar-refractivity contribution in [3.05, 3.63) is 35.9 Å². The Morgan fingerprint density at radius 3 is 2.24 bits per heavy atom. The third-order valence-corrected chi connectivity index (χ3v) is 2.53. The molecule has 0 saturated carbocycles. The van der Waals surface area contributed by atoms with Gasteiger partial charge in [-0.15, -0.1) is 0 Å². The number of methoxy groups -OCH3 is 2. The van der Waals surface area contributed by atoms with E-state index < -0.39 is 12.4 Å². The Kier molecular flexibility index (Phi) is 5.71. The van der Waals surface area contributed by atoms with Crippen molar-refractivity contribution < 1.29 is 14.6 Å². The lowest BCUT2D eigenvalue weighted by Gasteiger charge is -2.22. The average molecular weight is 234 g/mol. The number of ether oxygens (including phenoxy) is 2. The monoisotopic (exact) mass is 234 g/mol. The summed E-state index contributed by atoms with van der Waals surface area (Å²) in [7, 11) is 3.09. The fourth-order valence-corrected chi connectivity index (χ4v) is 1.48. The van der Waals surface area contributed by atoms with Crippen molar-refractivity contribution in [1.29, 1.82) is 0 Å². The van der Waals surface area contributed by atoms with Crippen LogP contribution in [0.2, 0.25) is 0 Å². The van der Waals surface area contributed by atoms with Gasteiger partial charge in [0.25, 0.3) is 0 Å². The van der Waals surface area contributed by atoms with E-state index in [2.05, 4.69) is 11.8 Å². The Morgan fingerprint density at radius 1 is 1.12 bits per heavy atom. The van der Waals surface area contributed by atoms with Crippen LogP contribution in [-0.4, -0.2) is 31.7 Å². The molecule has 0 heterocycles. The molecule has 0 unspecified atom stereocenters. The van der Waals surface area contributed by atoms with E-state index in [1.807, 2.05) is 37.3 Å². The van der Waals surface area contributed by atoms with Crippen LogP contribution in [0.4, 0.5) is 0 Å². The van der Waals surface area contributed by atoms with Gasteiger partial charge in [-0.2, -0.15) is 0 Å². The molecule has 92 valence electrons. The molecule has 0 bridgehead atoms. The van der Waals surface area contributed by atoms with Crippen LogP contribution >= 0.6 is 0 Å². The van der Waals surface area contributed by atoms with Gasteiger partial charge in [-0.3, -0.25) is 0 Å². The molecule has 17 heavy (non-hydrogen) atoms. The first-order valence-corrected chi connectivity index (χ1v) is 5.49.